The summed E-state index contributed by atoms with van der Waals surface area (Å²) in [6, 6.07) is 11.6. The van der Waals surface area contributed by atoms with E-state index in [1.807, 2.05) is 0 Å². The molecule has 0 spiro atoms. The normalized spacial score (nSPS) is 10.6. The summed E-state index contributed by atoms with van der Waals surface area (Å²) in [4.78, 5) is 54.2. The Hall–Kier alpha value is -4.43. The van der Waals surface area contributed by atoms with Gasteiger partial charge in [-0.25, -0.2) is 14.4 Å². The number of aromatic nitrogens is 3. The van der Waals surface area contributed by atoms with Crippen molar-refractivity contribution >= 4 is 51.7 Å². The lowest BCUT2D eigenvalue weighted by Crippen LogP contribution is -2.36. The van der Waals surface area contributed by atoms with E-state index in [1.54, 1.807) is 36.7 Å². The molecule has 4 aromatic rings. The van der Waals surface area contributed by atoms with Crippen molar-refractivity contribution in [1.29, 1.82) is 0 Å². The van der Waals surface area contributed by atoms with E-state index in [0.717, 1.165) is 28.5 Å². The summed E-state index contributed by atoms with van der Waals surface area (Å²) in [7, 11) is 1.44. The van der Waals surface area contributed by atoms with Crippen LogP contribution in [0, 0.1) is 5.82 Å². The highest BCUT2D eigenvalue weighted by atomic mass is 32.2. The number of ether oxygens (including phenoxy) is 1. The topological polar surface area (TPSA) is 147 Å². The van der Waals surface area contributed by atoms with Crippen LogP contribution >= 0.6 is 23.1 Å². The minimum absolute atomic E-state index is 0.118. The molecule has 2 heterocycles. The van der Waals surface area contributed by atoms with Gasteiger partial charge in [0.1, 0.15) is 12.2 Å². The summed E-state index contributed by atoms with van der Waals surface area (Å²) in [5.41, 5.74) is 0.434. The molecule has 38 heavy (non-hydrogen) atoms. The lowest BCUT2D eigenvalue weighted by atomic mass is 10.3. The zero-order valence-corrected chi connectivity index (χ0v) is 21.3. The zero-order chi connectivity index (χ0) is 27.1. The van der Waals surface area contributed by atoms with E-state index in [9.17, 15) is 23.9 Å². The van der Waals surface area contributed by atoms with Gasteiger partial charge >= 0.3 is 5.97 Å². The van der Waals surface area contributed by atoms with Crippen molar-refractivity contribution in [1.82, 2.24) is 15.0 Å². The van der Waals surface area contributed by atoms with Crippen LogP contribution in [0.25, 0.3) is 0 Å². The van der Waals surface area contributed by atoms with Gasteiger partial charge in [-0.2, -0.15) is 0 Å². The third kappa shape index (κ3) is 6.86. The number of rotatable bonds is 11. The van der Waals surface area contributed by atoms with E-state index in [1.165, 1.54) is 31.0 Å². The summed E-state index contributed by atoms with van der Waals surface area (Å²) >= 11 is 2.22. The van der Waals surface area contributed by atoms with Crippen molar-refractivity contribution in [3.05, 3.63) is 72.4 Å². The minimum atomic E-state index is -1.09. The Balaban J connectivity index is 1.51. The van der Waals surface area contributed by atoms with E-state index < -0.39 is 30.0 Å². The van der Waals surface area contributed by atoms with Gasteiger partial charge in [0.15, 0.2) is 21.8 Å². The fourth-order valence-electron chi connectivity index (χ4n) is 3.11. The molecule has 0 fully saturated rings. The second-order valence-electron chi connectivity index (χ2n) is 7.45. The third-order valence-corrected chi connectivity index (χ3v) is 6.89. The van der Waals surface area contributed by atoms with Crippen LogP contribution in [0.3, 0.4) is 0 Å². The zero-order valence-electron chi connectivity index (χ0n) is 19.7. The molecule has 2 amide bonds. The van der Waals surface area contributed by atoms with Crippen LogP contribution in [0.1, 0.15) is 12.1 Å². The van der Waals surface area contributed by atoms with Crippen molar-refractivity contribution in [2.45, 2.75) is 22.2 Å². The van der Waals surface area contributed by atoms with Crippen LogP contribution in [-0.4, -0.2) is 45.0 Å². The number of benzene rings is 2. The van der Waals surface area contributed by atoms with Gasteiger partial charge in [0.2, 0.25) is 5.91 Å². The first-order valence-corrected chi connectivity index (χ1v) is 12.5. The summed E-state index contributed by atoms with van der Waals surface area (Å²) in [5.74, 6) is -2.53. The number of amides is 2. The number of para-hydroxylation sites is 2. The summed E-state index contributed by atoms with van der Waals surface area (Å²) in [6.07, 6.45) is 2.16. The lowest BCUT2D eigenvalue weighted by molar-refractivity contribution is -0.136. The van der Waals surface area contributed by atoms with E-state index in [4.69, 9.17) is 9.57 Å². The fourth-order valence-corrected chi connectivity index (χ4v) is 5.13. The van der Waals surface area contributed by atoms with Crippen molar-refractivity contribution in [2.24, 2.45) is 0 Å². The molecule has 0 aliphatic carbocycles. The van der Waals surface area contributed by atoms with Gasteiger partial charge in [0.05, 0.1) is 29.1 Å². The number of imidazole rings is 1. The fraction of sp³-hybridized carbons (Fsp3) is 0.125. The van der Waals surface area contributed by atoms with Crippen molar-refractivity contribution in [3.63, 3.8) is 0 Å². The molecule has 0 radical (unpaired) electrons. The first kappa shape index (κ1) is 26.6. The molecule has 0 aliphatic rings. The number of methoxy groups -OCH3 is 1. The third-order valence-electron chi connectivity index (χ3n) is 4.75. The number of nitrogens with zero attached hydrogens (tertiary/aromatic N) is 3. The molecule has 4 rings (SSSR count). The first-order chi connectivity index (χ1) is 18.3. The first-order valence-electron chi connectivity index (χ1n) is 10.9. The average Bonchev–Trinajstić information content (AvgIpc) is 3.53. The number of H-pyrrole nitrogens is 1. The lowest BCUT2D eigenvalue weighted by Gasteiger charge is -2.23. The van der Waals surface area contributed by atoms with E-state index in [2.05, 4.69) is 20.3 Å². The molecule has 3 N–H and O–H groups in total. The smallest absolute Gasteiger partial charge is 0.309 e. The highest BCUT2D eigenvalue weighted by Crippen LogP contribution is 2.36. The minimum Gasteiger partial charge on any atom is -0.493 e. The van der Waals surface area contributed by atoms with Crippen LogP contribution in [0.5, 0.6) is 11.5 Å². The number of hydrogen-bond donors (Lipinski definition) is 3. The number of aromatic amines is 1. The second-order valence-corrected chi connectivity index (χ2v) is 9.71. The number of nitrogens with one attached hydrogen (secondary N) is 2. The van der Waals surface area contributed by atoms with Gasteiger partial charge in [-0.15, -0.1) is 5.06 Å². The maximum Gasteiger partial charge on any atom is 0.309 e. The Morgan fingerprint density at radius 2 is 1.89 bits per heavy atom. The summed E-state index contributed by atoms with van der Waals surface area (Å²) in [6.45, 7) is 0. The van der Waals surface area contributed by atoms with Crippen LogP contribution < -0.4 is 20.0 Å². The number of halogens is 1. The molecule has 11 nitrogen and oxygen atoms in total. The Bertz CT molecular complexity index is 1430. The number of hydrogen-bond acceptors (Lipinski definition) is 9. The Labute approximate surface area is 223 Å². The number of carboxylic acid groups (broad SMARTS) is 1. The SMILES string of the molecule is COc1ccccc1ON(C(=O)CC(=O)Nc1nc(CC(=O)O)c(Sc2ncc[nH]2)s1)c1ccc(F)cc1. The van der Waals surface area contributed by atoms with Crippen LogP contribution in [-0.2, 0) is 20.8 Å². The van der Waals surface area contributed by atoms with Crippen molar-refractivity contribution < 1.29 is 33.5 Å². The Morgan fingerprint density at radius 1 is 1.16 bits per heavy atom. The van der Waals surface area contributed by atoms with Crippen LogP contribution in [0.2, 0.25) is 0 Å². The highest BCUT2D eigenvalue weighted by molar-refractivity contribution is 8.01. The molecule has 14 heteroatoms. The number of aliphatic carboxylic acids is 1. The standard InChI is InChI=1S/C24H20FN5O6S2/c1-35-17-4-2-3-5-18(17)36-30(15-8-6-14(25)7-9-15)20(32)13-19(31)29-24-28-16(12-21(33)34)22(38-24)37-23-26-10-11-27-23/h2-11H,12-13H2,1H3,(H,26,27)(H,33,34)(H,28,29,31). The maximum absolute atomic E-state index is 13.5. The Kier molecular flexibility index (Phi) is 8.55. The molecule has 2 aromatic carbocycles. The quantitative estimate of drug-likeness (QED) is 0.183. The van der Waals surface area contributed by atoms with Crippen molar-refractivity contribution in [3.8, 4) is 11.5 Å². The molecule has 0 aliphatic heterocycles. The maximum atomic E-state index is 13.5. The molecule has 0 saturated carbocycles. The van der Waals surface area contributed by atoms with Gasteiger partial charge < -0.3 is 25.0 Å². The molecule has 0 saturated heterocycles. The average molecular weight is 558 g/mol. The van der Waals surface area contributed by atoms with Gasteiger partial charge in [0, 0.05) is 12.4 Å². The number of thiazole rings is 1. The van der Waals surface area contributed by atoms with Crippen LogP contribution in [0.4, 0.5) is 15.2 Å². The molecular formula is C24H20FN5O6S2. The highest BCUT2D eigenvalue weighted by Gasteiger charge is 2.24. The van der Waals surface area contributed by atoms with E-state index in [-0.39, 0.29) is 28.7 Å². The molecule has 0 bridgehead atoms. The number of anilines is 2. The largest absolute Gasteiger partial charge is 0.493 e. The van der Waals surface area contributed by atoms with Gasteiger partial charge in [-0.1, -0.05) is 23.5 Å². The molecule has 2 aromatic heterocycles. The second kappa shape index (κ2) is 12.2. The van der Waals surface area contributed by atoms with Gasteiger partial charge in [-0.05, 0) is 48.2 Å². The number of carboxylic acids is 1. The summed E-state index contributed by atoms with van der Waals surface area (Å²) < 4.78 is 19.3. The predicted molar refractivity (Wildman–Crippen MR) is 137 cm³/mol. The monoisotopic (exact) mass is 557 g/mol. The Morgan fingerprint density at radius 3 is 2.55 bits per heavy atom. The van der Waals surface area contributed by atoms with E-state index in [0.29, 0.717) is 15.1 Å². The summed E-state index contributed by atoms with van der Waals surface area (Å²) in [5, 5.41) is 13.3. The van der Waals surface area contributed by atoms with Gasteiger partial charge in [-0.3, -0.25) is 14.4 Å². The molecule has 0 atom stereocenters. The number of carbonyl (C=O) groups excluding carboxylic acids is 2. The van der Waals surface area contributed by atoms with Gasteiger partial charge in [0.25, 0.3) is 5.91 Å². The number of carbonyl (C=O) groups is 3. The molecule has 0 unspecified atom stereocenters. The molecule has 196 valence electrons. The van der Waals surface area contributed by atoms with Crippen LogP contribution in [0.15, 0.2) is 70.3 Å². The van der Waals surface area contributed by atoms with Crippen molar-refractivity contribution in [2.75, 3.05) is 17.5 Å². The van der Waals surface area contributed by atoms with E-state index >= 15 is 0 Å². The number of hydroxylamine groups is 1. The predicted octanol–water partition coefficient (Wildman–Crippen LogP) is 4.15. The molecular weight excluding hydrogens is 537 g/mol.